The summed E-state index contributed by atoms with van der Waals surface area (Å²) in [5.74, 6) is -0.654. The van der Waals surface area contributed by atoms with Crippen LogP contribution in [-0.2, 0) is 4.79 Å². The average Bonchev–Trinajstić information content (AvgIpc) is 2.43. The SMILES string of the molecule is CN1CCC2CCC(CC(=O)O)N2CC1. The predicted molar refractivity (Wildman–Crippen MR) is 57.9 cm³/mol. The highest BCUT2D eigenvalue weighted by atomic mass is 16.4. The molecule has 0 amide bonds. The van der Waals surface area contributed by atoms with E-state index in [1.54, 1.807) is 0 Å². The Balaban J connectivity index is 1.97. The first-order chi connectivity index (χ1) is 7.16. The molecule has 0 spiro atoms. The van der Waals surface area contributed by atoms with Gasteiger partial charge in [0.05, 0.1) is 6.42 Å². The van der Waals surface area contributed by atoms with Crippen molar-refractivity contribution in [1.29, 1.82) is 0 Å². The van der Waals surface area contributed by atoms with Crippen LogP contribution in [0.15, 0.2) is 0 Å². The first-order valence-corrected chi connectivity index (χ1v) is 5.83. The van der Waals surface area contributed by atoms with Crippen molar-refractivity contribution in [3.05, 3.63) is 0 Å². The number of carboxylic acids is 1. The molecule has 2 aliphatic rings. The zero-order valence-corrected chi connectivity index (χ0v) is 9.35. The molecular formula is C11H20N2O2. The molecule has 0 aromatic heterocycles. The second-order valence-electron chi connectivity index (χ2n) is 4.81. The molecule has 0 saturated carbocycles. The van der Waals surface area contributed by atoms with Gasteiger partial charge in [-0.25, -0.2) is 0 Å². The van der Waals surface area contributed by atoms with Gasteiger partial charge in [-0.05, 0) is 32.9 Å². The summed E-state index contributed by atoms with van der Waals surface area (Å²) < 4.78 is 0. The third kappa shape index (κ3) is 2.49. The summed E-state index contributed by atoms with van der Waals surface area (Å²) in [5, 5.41) is 8.85. The molecule has 2 atom stereocenters. The van der Waals surface area contributed by atoms with Crippen LogP contribution in [0.4, 0.5) is 0 Å². The van der Waals surface area contributed by atoms with Crippen molar-refractivity contribution in [2.75, 3.05) is 26.7 Å². The van der Waals surface area contributed by atoms with E-state index in [1.165, 1.54) is 12.8 Å². The van der Waals surface area contributed by atoms with E-state index in [4.69, 9.17) is 5.11 Å². The van der Waals surface area contributed by atoms with Gasteiger partial charge in [-0.2, -0.15) is 0 Å². The van der Waals surface area contributed by atoms with E-state index < -0.39 is 5.97 Å². The third-order valence-electron chi connectivity index (χ3n) is 3.77. The van der Waals surface area contributed by atoms with Crippen molar-refractivity contribution in [2.45, 2.75) is 37.8 Å². The van der Waals surface area contributed by atoms with E-state index in [2.05, 4.69) is 16.8 Å². The summed E-state index contributed by atoms with van der Waals surface area (Å²) in [4.78, 5) is 15.5. The Morgan fingerprint density at radius 3 is 2.80 bits per heavy atom. The zero-order valence-electron chi connectivity index (χ0n) is 9.35. The topological polar surface area (TPSA) is 43.8 Å². The minimum Gasteiger partial charge on any atom is -0.481 e. The van der Waals surface area contributed by atoms with Gasteiger partial charge in [0.15, 0.2) is 0 Å². The van der Waals surface area contributed by atoms with Crippen LogP contribution in [0.5, 0.6) is 0 Å². The van der Waals surface area contributed by atoms with Crippen LogP contribution in [0.25, 0.3) is 0 Å². The van der Waals surface area contributed by atoms with E-state index in [-0.39, 0.29) is 0 Å². The minimum absolute atomic E-state index is 0.291. The molecule has 2 unspecified atom stereocenters. The quantitative estimate of drug-likeness (QED) is 0.729. The molecule has 4 heteroatoms. The molecule has 0 aliphatic carbocycles. The van der Waals surface area contributed by atoms with Crippen molar-refractivity contribution in [1.82, 2.24) is 9.80 Å². The summed E-state index contributed by atoms with van der Waals surface area (Å²) in [6, 6.07) is 0.929. The Morgan fingerprint density at radius 1 is 1.27 bits per heavy atom. The van der Waals surface area contributed by atoms with E-state index >= 15 is 0 Å². The van der Waals surface area contributed by atoms with Crippen LogP contribution in [0.2, 0.25) is 0 Å². The van der Waals surface area contributed by atoms with Crippen LogP contribution in [-0.4, -0.2) is 59.6 Å². The Labute approximate surface area is 90.9 Å². The Morgan fingerprint density at radius 2 is 2.07 bits per heavy atom. The Kier molecular flexibility index (Phi) is 3.26. The fraction of sp³-hybridized carbons (Fsp3) is 0.909. The molecule has 86 valence electrons. The summed E-state index contributed by atoms with van der Waals surface area (Å²) in [5.41, 5.74) is 0. The highest BCUT2D eigenvalue weighted by Gasteiger charge is 2.35. The second-order valence-corrected chi connectivity index (χ2v) is 4.81. The van der Waals surface area contributed by atoms with Gasteiger partial charge in [0.25, 0.3) is 0 Å². The first kappa shape index (κ1) is 10.9. The number of hydrogen-bond donors (Lipinski definition) is 1. The van der Waals surface area contributed by atoms with Crippen LogP contribution in [0, 0.1) is 0 Å². The molecule has 1 N–H and O–H groups in total. The van der Waals surface area contributed by atoms with Crippen LogP contribution >= 0.6 is 0 Å². The van der Waals surface area contributed by atoms with Gasteiger partial charge >= 0.3 is 5.97 Å². The smallest absolute Gasteiger partial charge is 0.304 e. The molecule has 0 aromatic carbocycles. The number of carbonyl (C=O) groups is 1. The summed E-state index contributed by atoms with van der Waals surface area (Å²) in [7, 11) is 2.15. The summed E-state index contributed by atoms with van der Waals surface area (Å²) >= 11 is 0. The number of rotatable bonds is 2. The highest BCUT2D eigenvalue weighted by molar-refractivity contribution is 5.67. The van der Waals surface area contributed by atoms with Gasteiger partial charge in [0.2, 0.25) is 0 Å². The van der Waals surface area contributed by atoms with Gasteiger partial charge < -0.3 is 10.0 Å². The second kappa shape index (κ2) is 4.49. The molecule has 2 aliphatic heterocycles. The highest BCUT2D eigenvalue weighted by Crippen LogP contribution is 2.29. The van der Waals surface area contributed by atoms with Gasteiger partial charge in [0, 0.05) is 25.2 Å². The molecule has 0 radical (unpaired) electrons. The molecule has 2 saturated heterocycles. The lowest BCUT2D eigenvalue weighted by Crippen LogP contribution is -2.38. The lowest BCUT2D eigenvalue weighted by Gasteiger charge is -2.27. The molecule has 2 fully saturated rings. The standard InChI is InChI=1S/C11H20N2O2/c1-12-5-4-9-2-3-10(8-11(14)15)13(9)7-6-12/h9-10H,2-8H2,1H3,(H,14,15). The van der Waals surface area contributed by atoms with E-state index in [0.29, 0.717) is 18.5 Å². The number of carboxylic acid groups (broad SMARTS) is 1. The van der Waals surface area contributed by atoms with Gasteiger partial charge in [-0.3, -0.25) is 9.69 Å². The van der Waals surface area contributed by atoms with Crippen LogP contribution in [0.3, 0.4) is 0 Å². The van der Waals surface area contributed by atoms with Crippen molar-refractivity contribution >= 4 is 5.97 Å². The van der Waals surface area contributed by atoms with Crippen LogP contribution < -0.4 is 0 Å². The number of hydrogen-bond acceptors (Lipinski definition) is 3. The summed E-state index contributed by atoms with van der Waals surface area (Å²) in [6.07, 6.45) is 3.78. The minimum atomic E-state index is -0.654. The average molecular weight is 212 g/mol. The molecule has 15 heavy (non-hydrogen) atoms. The van der Waals surface area contributed by atoms with E-state index in [0.717, 1.165) is 26.1 Å². The largest absolute Gasteiger partial charge is 0.481 e. The van der Waals surface area contributed by atoms with Gasteiger partial charge in [0.1, 0.15) is 0 Å². The number of aliphatic carboxylic acids is 1. The molecule has 2 rings (SSSR count). The summed E-state index contributed by atoms with van der Waals surface area (Å²) in [6.45, 7) is 3.27. The molecule has 2 heterocycles. The zero-order chi connectivity index (χ0) is 10.8. The molecule has 0 bridgehead atoms. The molecule has 4 nitrogen and oxygen atoms in total. The van der Waals surface area contributed by atoms with Crippen molar-refractivity contribution < 1.29 is 9.90 Å². The lowest BCUT2D eigenvalue weighted by molar-refractivity contribution is -0.138. The third-order valence-corrected chi connectivity index (χ3v) is 3.77. The molecule has 0 aromatic rings. The lowest BCUT2D eigenvalue weighted by atomic mass is 10.1. The van der Waals surface area contributed by atoms with Crippen molar-refractivity contribution in [3.63, 3.8) is 0 Å². The Bertz CT molecular complexity index is 245. The number of nitrogens with zero attached hydrogens (tertiary/aromatic N) is 2. The Hall–Kier alpha value is -0.610. The first-order valence-electron chi connectivity index (χ1n) is 5.83. The van der Waals surface area contributed by atoms with Gasteiger partial charge in [-0.1, -0.05) is 0 Å². The van der Waals surface area contributed by atoms with Gasteiger partial charge in [-0.15, -0.1) is 0 Å². The fourth-order valence-electron chi connectivity index (χ4n) is 2.88. The molecular weight excluding hydrogens is 192 g/mol. The maximum absolute atomic E-state index is 10.7. The maximum atomic E-state index is 10.7. The fourth-order valence-corrected chi connectivity index (χ4v) is 2.88. The van der Waals surface area contributed by atoms with Crippen molar-refractivity contribution in [3.8, 4) is 0 Å². The van der Waals surface area contributed by atoms with Crippen LogP contribution in [0.1, 0.15) is 25.7 Å². The normalized spacial score (nSPS) is 33.7. The predicted octanol–water partition coefficient (Wildman–Crippen LogP) is 0.630. The maximum Gasteiger partial charge on any atom is 0.304 e. The monoisotopic (exact) mass is 212 g/mol. The van der Waals surface area contributed by atoms with E-state index in [1.807, 2.05) is 0 Å². The van der Waals surface area contributed by atoms with E-state index in [9.17, 15) is 4.79 Å². The number of likely N-dealkylation sites (N-methyl/N-ethyl adjacent to an activating group) is 1. The van der Waals surface area contributed by atoms with Crippen molar-refractivity contribution in [2.24, 2.45) is 0 Å². The number of fused-ring (bicyclic) bond motifs is 1.